The molecule has 4 nitrogen and oxygen atoms in total. The van der Waals surface area contributed by atoms with E-state index in [1.54, 1.807) is 7.11 Å². The van der Waals surface area contributed by atoms with Crippen LogP contribution in [0.15, 0.2) is 54.6 Å². The van der Waals surface area contributed by atoms with Crippen molar-refractivity contribution in [1.29, 1.82) is 0 Å². The largest absolute Gasteiger partial charge is 0.382 e. The van der Waals surface area contributed by atoms with Gasteiger partial charge in [-0.05, 0) is 42.7 Å². The number of carbonyl (C=O) groups is 1. The molecule has 4 heteroatoms. The van der Waals surface area contributed by atoms with E-state index >= 15 is 0 Å². The third kappa shape index (κ3) is 4.15. The second-order valence-electron chi connectivity index (χ2n) is 6.21. The molecule has 0 radical (unpaired) electrons. The van der Waals surface area contributed by atoms with E-state index in [9.17, 15) is 4.79 Å². The van der Waals surface area contributed by atoms with Crippen molar-refractivity contribution in [3.63, 3.8) is 0 Å². The zero-order chi connectivity index (χ0) is 16.8. The summed E-state index contributed by atoms with van der Waals surface area (Å²) in [6, 6.07) is 18.4. The third-order valence-electron chi connectivity index (χ3n) is 4.44. The monoisotopic (exact) mass is 324 g/mol. The quantitative estimate of drug-likeness (QED) is 0.914. The lowest BCUT2D eigenvalue weighted by molar-refractivity contribution is 0.0718. The molecule has 1 fully saturated rings. The first kappa shape index (κ1) is 16.5. The molecule has 1 amide bonds. The number of hydrogen-bond acceptors (Lipinski definition) is 3. The smallest absolute Gasteiger partial charge is 0.253 e. The van der Waals surface area contributed by atoms with Crippen molar-refractivity contribution in [3.05, 3.63) is 65.7 Å². The molecule has 0 spiro atoms. The number of methoxy groups -OCH3 is 1. The fraction of sp³-hybridized carbons (Fsp3) is 0.350. The SMILES string of the molecule is COCc1ccc(C(=O)N2CCC(Nc3ccccc3)CC2)cc1. The topological polar surface area (TPSA) is 41.6 Å². The van der Waals surface area contributed by atoms with Gasteiger partial charge in [0.1, 0.15) is 0 Å². The number of nitrogens with zero attached hydrogens (tertiary/aromatic N) is 1. The molecular formula is C20H24N2O2. The number of likely N-dealkylation sites (tertiary alicyclic amines) is 1. The summed E-state index contributed by atoms with van der Waals surface area (Å²) in [4.78, 5) is 14.6. The molecule has 0 unspecified atom stereocenters. The van der Waals surface area contributed by atoms with Gasteiger partial charge in [0.05, 0.1) is 6.61 Å². The van der Waals surface area contributed by atoms with E-state index in [-0.39, 0.29) is 5.91 Å². The lowest BCUT2D eigenvalue weighted by Crippen LogP contribution is -2.42. The van der Waals surface area contributed by atoms with Crippen LogP contribution in [0.1, 0.15) is 28.8 Å². The van der Waals surface area contributed by atoms with E-state index in [0.29, 0.717) is 12.6 Å². The predicted molar refractivity (Wildman–Crippen MR) is 96.1 cm³/mol. The van der Waals surface area contributed by atoms with Crippen molar-refractivity contribution in [2.75, 3.05) is 25.5 Å². The third-order valence-corrected chi connectivity index (χ3v) is 4.44. The Morgan fingerprint density at radius 2 is 1.75 bits per heavy atom. The first-order valence-corrected chi connectivity index (χ1v) is 8.45. The van der Waals surface area contributed by atoms with Gasteiger partial charge in [-0.2, -0.15) is 0 Å². The fourth-order valence-corrected chi connectivity index (χ4v) is 3.09. The molecule has 0 atom stereocenters. The highest BCUT2D eigenvalue weighted by molar-refractivity contribution is 5.94. The van der Waals surface area contributed by atoms with Crippen LogP contribution >= 0.6 is 0 Å². The number of anilines is 1. The summed E-state index contributed by atoms with van der Waals surface area (Å²) in [5.74, 6) is 0.122. The molecule has 2 aromatic carbocycles. The van der Waals surface area contributed by atoms with E-state index < -0.39 is 0 Å². The molecule has 1 aliphatic rings. The second-order valence-corrected chi connectivity index (χ2v) is 6.21. The standard InChI is InChI=1S/C20H24N2O2/c1-24-15-16-7-9-17(10-8-16)20(23)22-13-11-19(12-14-22)21-18-5-3-2-4-6-18/h2-10,19,21H,11-15H2,1H3. The first-order chi connectivity index (χ1) is 11.8. The van der Waals surface area contributed by atoms with Crippen LogP contribution in [0.25, 0.3) is 0 Å². The van der Waals surface area contributed by atoms with E-state index in [0.717, 1.165) is 42.7 Å². The van der Waals surface area contributed by atoms with Crippen molar-refractivity contribution in [2.45, 2.75) is 25.5 Å². The van der Waals surface area contributed by atoms with E-state index in [2.05, 4.69) is 17.4 Å². The van der Waals surface area contributed by atoms with Gasteiger partial charge < -0.3 is 15.0 Å². The van der Waals surface area contributed by atoms with Crippen molar-refractivity contribution in [2.24, 2.45) is 0 Å². The minimum atomic E-state index is 0.122. The van der Waals surface area contributed by atoms with Gasteiger partial charge in [-0.3, -0.25) is 4.79 Å². The fourth-order valence-electron chi connectivity index (χ4n) is 3.09. The lowest BCUT2D eigenvalue weighted by atomic mass is 10.0. The molecule has 1 heterocycles. The number of hydrogen-bond donors (Lipinski definition) is 1. The van der Waals surface area contributed by atoms with Crippen LogP contribution in [0.2, 0.25) is 0 Å². The highest BCUT2D eigenvalue weighted by atomic mass is 16.5. The molecule has 0 aromatic heterocycles. The Morgan fingerprint density at radius 3 is 2.38 bits per heavy atom. The predicted octanol–water partition coefficient (Wildman–Crippen LogP) is 3.55. The van der Waals surface area contributed by atoms with E-state index in [1.165, 1.54) is 0 Å². The number of carbonyl (C=O) groups excluding carboxylic acids is 1. The molecule has 1 aliphatic heterocycles. The minimum Gasteiger partial charge on any atom is -0.382 e. The Morgan fingerprint density at radius 1 is 1.08 bits per heavy atom. The maximum Gasteiger partial charge on any atom is 0.253 e. The summed E-state index contributed by atoms with van der Waals surface area (Å²) in [7, 11) is 1.67. The molecule has 1 saturated heterocycles. The van der Waals surface area contributed by atoms with Crippen LogP contribution in [0, 0.1) is 0 Å². The van der Waals surface area contributed by atoms with Gasteiger partial charge in [-0.15, -0.1) is 0 Å². The highest BCUT2D eigenvalue weighted by Crippen LogP contribution is 2.18. The second kappa shape index (κ2) is 7.97. The van der Waals surface area contributed by atoms with Gasteiger partial charge in [0.2, 0.25) is 0 Å². The number of piperidine rings is 1. The van der Waals surface area contributed by atoms with Crippen LogP contribution < -0.4 is 5.32 Å². The summed E-state index contributed by atoms with van der Waals surface area (Å²) < 4.78 is 5.10. The van der Waals surface area contributed by atoms with Gasteiger partial charge in [0.15, 0.2) is 0 Å². The summed E-state index contributed by atoms with van der Waals surface area (Å²) in [5, 5.41) is 3.55. The Kier molecular flexibility index (Phi) is 5.49. The molecule has 1 N–H and O–H groups in total. The average molecular weight is 324 g/mol. The van der Waals surface area contributed by atoms with Crippen LogP contribution in [-0.2, 0) is 11.3 Å². The van der Waals surface area contributed by atoms with Crippen molar-refractivity contribution in [1.82, 2.24) is 4.90 Å². The number of amides is 1. The molecule has 0 saturated carbocycles. The highest BCUT2D eigenvalue weighted by Gasteiger charge is 2.23. The van der Waals surface area contributed by atoms with Crippen LogP contribution in [-0.4, -0.2) is 37.0 Å². The molecule has 24 heavy (non-hydrogen) atoms. The Balaban J connectivity index is 1.53. The first-order valence-electron chi connectivity index (χ1n) is 8.45. The van der Waals surface area contributed by atoms with Crippen LogP contribution in [0.5, 0.6) is 0 Å². The number of rotatable bonds is 5. The molecule has 0 bridgehead atoms. The summed E-state index contributed by atoms with van der Waals surface area (Å²) in [6.07, 6.45) is 1.95. The number of nitrogens with one attached hydrogen (secondary N) is 1. The molecule has 3 rings (SSSR count). The Bertz CT molecular complexity index is 647. The molecule has 2 aromatic rings. The van der Waals surface area contributed by atoms with E-state index in [1.807, 2.05) is 47.4 Å². The normalized spacial score (nSPS) is 15.3. The van der Waals surface area contributed by atoms with Crippen molar-refractivity contribution >= 4 is 11.6 Å². The molecular weight excluding hydrogens is 300 g/mol. The van der Waals surface area contributed by atoms with Crippen LogP contribution in [0.4, 0.5) is 5.69 Å². The Labute approximate surface area is 143 Å². The summed E-state index contributed by atoms with van der Waals surface area (Å²) in [5.41, 5.74) is 2.99. The van der Waals surface area contributed by atoms with Crippen LogP contribution in [0.3, 0.4) is 0 Å². The lowest BCUT2D eigenvalue weighted by Gasteiger charge is -2.33. The van der Waals surface area contributed by atoms with Gasteiger partial charge in [-0.25, -0.2) is 0 Å². The van der Waals surface area contributed by atoms with Gasteiger partial charge in [0.25, 0.3) is 5.91 Å². The van der Waals surface area contributed by atoms with Gasteiger partial charge in [0, 0.05) is 37.5 Å². The van der Waals surface area contributed by atoms with Gasteiger partial charge in [-0.1, -0.05) is 30.3 Å². The Hall–Kier alpha value is -2.33. The molecule has 126 valence electrons. The summed E-state index contributed by atoms with van der Waals surface area (Å²) >= 11 is 0. The zero-order valence-electron chi connectivity index (χ0n) is 14.1. The number of para-hydroxylation sites is 1. The maximum atomic E-state index is 12.6. The summed E-state index contributed by atoms with van der Waals surface area (Å²) in [6.45, 7) is 2.16. The van der Waals surface area contributed by atoms with Gasteiger partial charge >= 0.3 is 0 Å². The van der Waals surface area contributed by atoms with Crippen molar-refractivity contribution < 1.29 is 9.53 Å². The average Bonchev–Trinajstić information content (AvgIpc) is 2.64. The van der Waals surface area contributed by atoms with Crippen molar-refractivity contribution in [3.8, 4) is 0 Å². The minimum absolute atomic E-state index is 0.122. The molecule has 0 aliphatic carbocycles. The van der Waals surface area contributed by atoms with E-state index in [4.69, 9.17) is 4.74 Å². The number of ether oxygens (including phenoxy) is 1. The number of benzene rings is 2. The maximum absolute atomic E-state index is 12.6. The zero-order valence-corrected chi connectivity index (χ0v) is 14.1.